The van der Waals surface area contributed by atoms with Crippen molar-refractivity contribution in [3.8, 4) is 0 Å². The van der Waals surface area contributed by atoms with Gasteiger partial charge in [-0.2, -0.15) is 0 Å². The third-order valence-electron chi connectivity index (χ3n) is 3.55. The maximum Gasteiger partial charge on any atom is 0.270 e. The summed E-state index contributed by atoms with van der Waals surface area (Å²) in [5.74, 6) is 0.00593. The number of benzene rings is 1. The predicted octanol–water partition coefficient (Wildman–Crippen LogP) is 1.61. The van der Waals surface area contributed by atoms with Gasteiger partial charge in [0.2, 0.25) is 0 Å². The Morgan fingerprint density at radius 3 is 3.11 bits per heavy atom. The number of para-hydroxylation sites is 1. The first kappa shape index (κ1) is 12.0. The summed E-state index contributed by atoms with van der Waals surface area (Å²) < 4.78 is 5.35. The van der Waals surface area contributed by atoms with Gasteiger partial charge in [0.05, 0.1) is 30.5 Å². The van der Waals surface area contributed by atoms with E-state index in [-0.39, 0.29) is 11.9 Å². The quantitative estimate of drug-likeness (QED) is 0.764. The highest BCUT2D eigenvalue weighted by atomic mass is 16.5. The molecular weight excluding hydrogens is 242 g/mol. The number of morpholine rings is 1. The Morgan fingerprint density at radius 1 is 1.53 bits per heavy atom. The largest absolute Gasteiger partial charge is 0.397 e. The standard InChI is InChI=1S/C14H17N3O2/c1-9-8-19-6-5-17(9)14(18)12-7-10-3-2-4-11(15)13(10)16-12/h2-4,7,9,16H,5-6,8,15H2,1H3. The van der Waals surface area contributed by atoms with E-state index in [0.717, 1.165) is 10.9 Å². The van der Waals surface area contributed by atoms with Crippen molar-refractivity contribution in [1.82, 2.24) is 9.88 Å². The van der Waals surface area contributed by atoms with Gasteiger partial charge in [-0.1, -0.05) is 12.1 Å². The van der Waals surface area contributed by atoms with Gasteiger partial charge in [-0.15, -0.1) is 0 Å². The zero-order valence-corrected chi connectivity index (χ0v) is 10.8. The molecule has 0 saturated carbocycles. The molecule has 19 heavy (non-hydrogen) atoms. The van der Waals surface area contributed by atoms with E-state index in [2.05, 4.69) is 4.98 Å². The Balaban J connectivity index is 1.95. The van der Waals surface area contributed by atoms with E-state index in [0.29, 0.717) is 31.1 Å². The van der Waals surface area contributed by atoms with Crippen molar-refractivity contribution in [2.45, 2.75) is 13.0 Å². The van der Waals surface area contributed by atoms with Gasteiger partial charge in [0.15, 0.2) is 0 Å². The number of nitrogens with zero attached hydrogens (tertiary/aromatic N) is 1. The van der Waals surface area contributed by atoms with Crippen molar-refractivity contribution in [1.29, 1.82) is 0 Å². The van der Waals surface area contributed by atoms with Crippen LogP contribution in [-0.2, 0) is 4.74 Å². The molecule has 1 amide bonds. The van der Waals surface area contributed by atoms with Gasteiger partial charge in [-0.3, -0.25) is 4.79 Å². The van der Waals surface area contributed by atoms with E-state index in [1.54, 1.807) is 0 Å². The fraction of sp³-hybridized carbons (Fsp3) is 0.357. The summed E-state index contributed by atoms with van der Waals surface area (Å²) in [5.41, 5.74) is 7.97. The average Bonchev–Trinajstić information content (AvgIpc) is 2.84. The molecule has 5 heteroatoms. The van der Waals surface area contributed by atoms with Crippen molar-refractivity contribution < 1.29 is 9.53 Å². The second kappa shape index (κ2) is 4.59. The van der Waals surface area contributed by atoms with E-state index < -0.39 is 0 Å². The Kier molecular flexibility index (Phi) is 2.91. The number of rotatable bonds is 1. The molecular formula is C14H17N3O2. The normalized spacial score (nSPS) is 19.8. The van der Waals surface area contributed by atoms with E-state index in [1.165, 1.54) is 0 Å². The number of hydrogen-bond donors (Lipinski definition) is 2. The third kappa shape index (κ3) is 2.06. The number of nitrogens with one attached hydrogen (secondary N) is 1. The summed E-state index contributed by atoms with van der Waals surface area (Å²) in [6, 6.07) is 7.62. The van der Waals surface area contributed by atoms with E-state index in [1.807, 2.05) is 36.1 Å². The monoisotopic (exact) mass is 259 g/mol. The number of ether oxygens (including phenoxy) is 1. The molecule has 0 aliphatic carbocycles. The lowest BCUT2D eigenvalue weighted by atomic mass is 10.2. The second-order valence-electron chi connectivity index (χ2n) is 4.92. The molecule has 5 nitrogen and oxygen atoms in total. The highest BCUT2D eigenvalue weighted by Gasteiger charge is 2.25. The number of carbonyl (C=O) groups is 1. The van der Waals surface area contributed by atoms with Crippen molar-refractivity contribution in [3.05, 3.63) is 30.0 Å². The average molecular weight is 259 g/mol. The maximum atomic E-state index is 12.5. The minimum atomic E-state index is 0.00593. The number of aromatic amines is 1. The van der Waals surface area contributed by atoms with Crippen LogP contribution in [-0.4, -0.2) is 41.6 Å². The van der Waals surface area contributed by atoms with Crippen LogP contribution in [0.5, 0.6) is 0 Å². The minimum absolute atomic E-state index is 0.00593. The SMILES string of the molecule is CC1COCCN1C(=O)c1cc2cccc(N)c2[nH]1. The van der Waals surface area contributed by atoms with Gasteiger partial charge in [0.1, 0.15) is 5.69 Å². The summed E-state index contributed by atoms with van der Waals surface area (Å²) in [6.45, 7) is 3.81. The molecule has 2 heterocycles. The number of anilines is 1. The molecule has 1 atom stereocenters. The Labute approximate surface area is 111 Å². The van der Waals surface area contributed by atoms with Crippen molar-refractivity contribution in [2.24, 2.45) is 0 Å². The van der Waals surface area contributed by atoms with Crippen molar-refractivity contribution in [3.63, 3.8) is 0 Å². The predicted molar refractivity (Wildman–Crippen MR) is 74.0 cm³/mol. The first-order valence-electron chi connectivity index (χ1n) is 6.43. The summed E-state index contributed by atoms with van der Waals surface area (Å²) in [4.78, 5) is 17.5. The van der Waals surface area contributed by atoms with Gasteiger partial charge in [0, 0.05) is 11.9 Å². The Morgan fingerprint density at radius 2 is 2.37 bits per heavy atom. The Bertz CT molecular complexity index is 620. The summed E-state index contributed by atoms with van der Waals surface area (Å²) in [6.07, 6.45) is 0. The van der Waals surface area contributed by atoms with Crippen LogP contribution in [0.1, 0.15) is 17.4 Å². The lowest BCUT2D eigenvalue weighted by Gasteiger charge is -2.32. The minimum Gasteiger partial charge on any atom is -0.397 e. The van der Waals surface area contributed by atoms with Crippen molar-refractivity contribution in [2.75, 3.05) is 25.5 Å². The number of H-pyrrole nitrogens is 1. The number of hydrogen-bond acceptors (Lipinski definition) is 3. The molecule has 1 aliphatic rings. The summed E-state index contributed by atoms with van der Waals surface area (Å²) >= 11 is 0. The van der Waals surface area contributed by atoms with Crippen LogP contribution in [0.15, 0.2) is 24.3 Å². The molecule has 3 rings (SSSR count). The highest BCUT2D eigenvalue weighted by Crippen LogP contribution is 2.22. The number of nitrogen functional groups attached to an aromatic ring is 1. The van der Waals surface area contributed by atoms with Gasteiger partial charge in [-0.25, -0.2) is 0 Å². The van der Waals surface area contributed by atoms with Crippen LogP contribution in [0.2, 0.25) is 0 Å². The number of carbonyl (C=O) groups excluding carboxylic acids is 1. The number of amides is 1. The first-order valence-corrected chi connectivity index (χ1v) is 6.43. The van der Waals surface area contributed by atoms with Crippen LogP contribution < -0.4 is 5.73 Å². The Hall–Kier alpha value is -2.01. The molecule has 2 aromatic rings. The second-order valence-corrected chi connectivity index (χ2v) is 4.92. The molecule has 1 unspecified atom stereocenters. The zero-order chi connectivity index (χ0) is 13.4. The highest BCUT2D eigenvalue weighted by molar-refractivity contribution is 6.01. The molecule has 1 fully saturated rings. The van der Waals surface area contributed by atoms with Crippen LogP contribution >= 0.6 is 0 Å². The molecule has 3 N–H and O–H groups in total. The third-order valence-corrected chi connectivity index (χ3v) is 3.55. The molecule has 0 bridgehead atoms. The fourth-order valence-corrected chi connectivity index (χ4v) is 2.48. The van der Waals surface area contributed by atoms with Gasteiger partial charge in [0.25, 0.3) is 5.91 Å². The van der Waals surface area contributed by atoms with Crippen LogP contribution in [0, 0.1) is 0 Å². The van der Waals surface area contributed by atoms with Crippen molar-refractivity contribution >= 4 is 22.5 Å². The van der Waals surface area contributed by atoms with Gasteiger partial charge >= 0.3 is 0 Å². The molecule has 0 radical (unpaired) electrons. The molecule has 0 spiro atoms. The molecule has 1 aromatic carbocycles. The first-order chi connectivity index (χ1) is 9.16. The molecule has 1 saturated heterocycles. The van der Waals surface area contributed by atoms with E-state index >= 15 is 0 Å². The molecule has 1 aliphatic heterocycles. The van der Waals surface area contributed by atoms with E-state index in [4.69, 9.17) is 10.5 Å². The van der Waals surface area contributed by atoms with Crippen LogP contribution in [0.3, 0.4) is 0 Å². The molecule has 1 aromatic heterocycles. The van der Waals surface area contributed by atoms with Gasteiger partial charge < -0.3 is 20.4 Å². The smallest absolute Gasteiger partial charge is 0.270 e. The van der Waals surface area contributed by atoms with Crippen LogP contribution in [0.25, 0.3) is 10.9 Å². The maximum absolute atomic E-state index is 12.5. The lowest BCUT2D eigenvalue weighted by Crippen LogP contribution is -2.47. The van der Waals surface area contributed by atoms with Gasteiger partial charge in [-0.05, 0) is 19.1 Å². The fourth-order valence-electron chi connectivity index (χ4n) is 2.48. The zero-order valence-electron chi connectivity index (χ0n) is 10.8. The number of aromatic nitrogens is 1. The topological polar surface area (TPSA) is 71.3 Å². The number of fused-ring (bicyclic) bond motifs is 1. The summed E-state index contributed by atoms with van der Waals surface area (Å²) in [7, 11) is 0. The van der Waals surface area contributed by atoms with E-state index in [9.17, 15) is 4.79 Å². The van der Waals surface area contributed by atoms with Crippen LogP contribution in [0.4, 0.5) is 5.69 Å². The number of nitrogens with two attached hydrogens (primary N) is 1. The lowest BCUT2D eigenvalue weighted by molar-refractivity contribution is 0.00332. The molecule has 100 valence electrons. The summed E-state index contributed by atoms with van der Waals surface area (Å²) in [5, 5.41) is 0.962.